The Labute approximate surface area is 159 Å². The summed E-state index contributed by atoms with van der Waals surface area (Å²) in [6.45, 7) is 3.45. The van der Waals surface area contributed by atoms with Gasteiger partial charge in [0.2, 0.25) is 0 Å². The summed E-state index contributed by atoms with van der Waals surface area (Å²) >= 11 is 0. The van der Waals surface area contributed by atoms with Gasteiger partial charge in [0.15, 0.2) is 6.10 Å². The highest BCUT2D eigenvalue weighted by molar-refractivity contribution is 5.90. The lowest BCUT2D eigenvalue weighted by Gasteiger charge is -2.17. The number of halogens is 1. The average Bonchev–Trinajstić information content (AvgIpc) is 2.66. The predicted octanol–water partition coefficient (Wildman–Crippen LogP) is 3.91. The molecule has 2 aromatic carbocycles. The third kappa shape index (κ3) is 7.44. The van der Waals surface area contributed by atoms with Gasteiger partial charge in [0.25, 0.3) is 5.91 Å². The lowest BCUT2D eigenvalue weighted by atomic mass is 10.1. The van der Waals surface area contributed by atoms with Gasteiger partial charge in [0, 0.05) is 12.1 Å². The van der Waals surface area contributed by atoms with Gasteiger partial charge in [-0.3, -0.25) is 4.79 Å². The maximum absolute atomic E-state index is 12.8. The molecule has 0 saturated heterocycles. The molecule has 1 N–H and O–H groups in total. The quantitative estimate of drug-likeness (QED) is 0.567. The standard InChI is InChI=1S/C22H24FNO3/c1-16(8-9-18-6-4-3-5-7-18)24-22(26)17(2)27-21(25)15-12-19-10-13-20(23)14-11-19/h3-7,10-17H,8-9H2,1-2H3,(H,24,26)/b15-12+/t16-,17-/m1/s1. The van der Waals surface area contributed by atoms with Gasteiger partial charge >= 0.3 is 5.97 Å². The van der Waals surface area contributed by atoms with Crippen LogP contribution >= 0.6 is 0 Å². The van der Waals surface area contributed by atoms with E-state index in [9.17, 15) is 14.0 Å². The molecule has 0 aromatic heterocycles. The zero-order valence-electron chi connectivity index (χ0n) is 15.5. The molecule has 142 valence electrons. The highest BCUT2D eigenvalue weighted by atomic mass is 19.1. The number of hydrogen-bond acceptors (Lipinski definition) is 3. The highest BCUT2D eigenvalue weighted by Crippen LogP contribution is 2.07. The third-order valence-electron chi connectivity index (χ3n) is 4.04. The molecule has 2 rings (SSSR count). The zero-order chi connectivity index (χ0) is 19.6. The number of benzene rings is 2. The molecule has 2 aromatic rings. The van der Waals surface area contributed by atoms with E-state index in [1.165, 1.54) is 36.8 Å². The average molecular weight is 369 g/mol. The van der Waals surface area contributed by atoms with Crippen LogP contribution in [0.2, 0.25) is 0 Å². The Morgan fingerprint density at radius 2 is 1.74 bits per heavy atom. The van der Waals surface area contributed by atoms with E-state index in [0.717, 1.165) is 12.8 Å². The molecule has 0 radical (unpaired) electrons. The Bertz CT molecular complexity index is 772. The molecule has 27 heavy (non-hydrogen) atoms. The monoisotopic (exact) mass is 369 g/mol. The fourth-order valence-corrected chi connectivity index (χ4v) is 2.47. The van der Waals surface area contributed by atoms with Crippen molar-refractivity contribution >= 4 is 18.0 Å². The number of carbonyl (C=O) groups excluding carboxylic acids is 2. The number of aryl methyl sites for hydroxylation is 1. The third-order valence-corrected chi connectivity index (χ3v) is 4.04. The lowest BCUT2D eigenvalue weighted by molar-refractivity contribution is -0.150. The van der Waals surface area contributed by atoms with Gasteiger partial charge in [-0.25, -0.2) is 9.18 Å². The second kappa shape index (κ2) is 10.3. The zero-order valence-corrected chi connectivity index (χ0v) is 15.5. The van der Waals surface area contributed by atoms with E-state index >= 15 is 0 Å². The number of hydrogen-bond donors (Lipinski definition) is 1. The van der Waals surface area contributed by atoms with Crippen molar-refractivity contribution in [2.24, 2.45) is 0 Å². The summed E-state index contributed by atoms with van der Waals surface area (Å²) in [5.74, 6) is -1.31. The van der Waals surface area contributed by atoms with E-state index in [2.05, 4.69) is 5.32 Å². The van der Waals surface area contributed by atoms with E-state index in [-0.39, 0.29) is 17.8 Å². The van der Waals surface area contributed by atoms with Gasteiger partial charge in [0.1, 0.15) is 5.82 Å². The number of ether oxygens (including phenoxy) is 1. The maximum Gasteiger partial charge on any atom is 0.331 e. The first-order chi connectivity index (χ1) is 12.9. The van der Waals surface area contributed by atoms with Crippen LogP contribution < -0.4 is 5.32 Å². The van der Waals surface area contributed by atoms with Gasteiger partial charge in [-0.1, -0.05) is 42.5 Å². The Morgan fingerprint density at radius 1 is 1.07 bits per heavy atom. The second-order valence-corrected chi connectivity index (χ2v) is 6.40. The van der Waals surface area contributed by atoms with Gasteiger partial charge in [-0.05, 0) is 56.0 Å². The Morgan fingerprint density at radius 3 is 2.41 bits per heavy atom. The number of carbonyl (C=O) groups is 2. The first kappa shape index (κ1) is 20.4. The minimum atomic E-state index is -0.894. The Hall–Kier alpha value is -2.95. The van der Waals surface area contributed by atoms with Crippen LogP contribution in [-0.2, 0) is 20.7 Å². The molecular weight excluding hydrogens is 345 g/mol. The van der Waals surface area contributed by atoms with Crippen molar-refractivity contribution in [3.05, 3.63) is 77.6 Å². The minimum absolute atomic E-state index is 0.0337. The summed E-state index contributed by atoms with van der Waals surface area (Å²) in [4.78, 5) is 24.0. The first-order valence-corrected chi connectivity index (χ1v) is 8.92. The molecule has 0 saturated carbocycles. The minimum Gasteiger partial charge on any atom is -0.449 e. The molecular formula is C22H24FNO3. The molecule has 0 spiro atoms. The number of nitrogens with one attached hydrogen (secondary N) is 1. The summed E-state index contributed by atoms with van der Waals surface area (Å²) in [5, 5.41) is 2.85. The van der Waals surface area contributed by atoms with Crippen LogP contribution in [0.4, 0.5) is 4.39 Å². The molecule has 0 aliphatic rings. The van der Waals surface area contributed by atoms with Crippen LogP contribution in [-0.4, -0.2) is 24.0 Å². The molecule has 0 bridgehead atoms. The summed E-state index contributed by atoms with van der Waals surface area (Å²) in [6.07, 6.45) is 3.48. The molecule has 0 heterocycles. The molecule has 1 amide bonds. The van der Waals surface area contributed by atoms with Crippen LogP contribution in [0.15, 0.2) is 60.7 Å². The van der Waals surface area contributed by atoms with Gasteiger partial charge in [-0.15, -0.1) is 0 Å². The van der Waals surface area contributed by atoms with Crippen LogP contribution in [0.5, 0.6) is 0 Å². The first-order valence-electron chi connectivity index (χ1n) is 8.92. The van der Waals surface area contributed by atoms with Gasteiger partial charge in [0.05, 0.1) is 0 Å². The molecule has 0 aliphatic carbocycles. The van der Waals surface area contributed by atoms with Crippen molar-refractivity contribution in [3.8, 4) is 0 Å². The summed E-state index contributed by atoms with van der Waals surface area (Å²) in [5.41, 5.74) is 1.88. The lowest BCUT2D eigenvalue weighted by Crippen LogP contribution is -2.40. The van der Waals surface area contributed by atoms with Crippen molar-refractivity contribution in [2.45, 2.75) is 38.8 Å². The van der Waals surface area contributed by atoms with E-state index in [4.69, 9.17) is 4.74 Å². The number of rotatable bonds is 8. The Kier molecular flexibility index (Phi) is 7.74. The van der Waals surface area contributed by atoms with Crippen molar-refractivity contribution in [3.63, 3.8) is 0 Å². The summed E-state index contributed by atoms with van der Waals surface area (Å²) in [7, 11) is 0. The SMILES string of the molecule is C[C@H](CCc1ccccc1)NC(=O)[C@@H](C)OC(=O)/C=C/c1ccc(F)cc1. The Balaban J connectivity index is 1.75. The molecule has 5 heteroatoms. The topological polar surface area (TPSA) is 55.4 Å². The van der Waals surface area contributed by atoms with Crippen LogP contribution in [0.1, 0.15) is 31.4 Å². The number of amides is 1. The van der Waals surface area contributed by atoms with E-state index < -0.39 is 12.1 Å². The molecule has 0 fully saturated rings. The van der Waals surface area contributed by atoms with E-state index in [1.807, 2.05) is 37.3 Å². The summed E-state index contributed by atoms with van der Waals surface area (Å²) in [6, 6.07) is 15.7. The fraction of sp³-hybridized carbons (Fsp3) is 0.273. The van der Waals surface area contributed by atoms with Crippen molar-refractivity contribution in [1.29, 1.82) is 0 Å². The van der Waals surface area contributed by atoms with Crippen molar-refractivity contribution in [2.75, 3.05) is 0 Å². The molecule has 0 unspecified atom stereocenters. The fourth-order valence-electron chi connectivity index (χ4n) is 2.47. The van der Waals surface area contributed by atoms with Crippen LogP contribution in [0.3, 0.4) is 0 Å². The van der Waals surface area contributed by atoms with Crippen molar-refractivity contribution < 1.29 is 18.7 Å². The van der Waals surface area contributed by atoms with Gasteiger partial charge < -0.3 is 10.1 Å². The molecule has 0 aliphatic heterocycles. The van der Waals surface area contributed by atoms with Crippen molar-refractivity contribution in [1.82, 2.24) is 5.32 Å². The summed E-state index contributed by atoms with van der Waals surface area (Å²) < 4.78 is 18.0. The molecule has 2 atom stereocenters. The van der Waals surface area contributed by atoms with Crippen LogP contribution in [0.25, 0.3) is 6.08 Å². The normalized spacial score (nSPS) is 13.1. The highest BCUT2D eigenvalue weighted by Gasteiger charge is 2.18. The second-order valence-electron chi connectivity index (χ2n) is 6.40. The van der Waals surface area contributed by atoms with Gasteiger partial charge in [-0.2, -0.15) is 0 Å². The number of esters is 1. The van der Waals surface area contributed by atoms with E-state index in [0.29, 0.717) is 5.56 Å². The van der Waals surface area contributed by atoms with Crippen LogP contribution in [0, 0.1) is 5.82 Å². The maximum atomic E-state index is 12.8. The molecule has 4 nitrogen and oxygen atoms in total. The largest absolute Gasteiger partial charge is 0.449 e. The predicted molar refractivity (Wildman–Crippen MR) is 103 cm³/mol. The smallest absolute Gasteiger partial charge is 0.331 e. The van der Waals surface area contributed by atoms with E-state index in [1.54, 1.807) is 12.1 Å².